The van der Waals surface area contributed by atoms with Crippen LogP contribution in [0.2, 0.25) is 10.0 Å². The van der Waals surface area contributed by atoms with Gasteiger partial charge in [-0.25, -0.2) is 14.1 Å². The Morgan fingerprint density at radius 2 is 1.89 bits per heavy atom. The fourth-order valence-corrected chi connectivity index (χ4v) is 4.56. The molecular weight excluding hydrogens is 502 g/mol. The summed E-state index contributed by atoms with van der Waals surface area (Å²) in [5.74, 6) is -0.562. The third kappa shape index (κ3) is 4.82. The highest BCUT2D eigenvalue weighted by Gasteiger charge is 2.18. The molecule has 1 N–H and O–H groups in total. The number of aryl methyl sites for hydroxylation is 2. The molecule has 0 fully saturated rings. The van der Waals surface area contributed by atoms with Crippen molar-refractivity contribution in [2.24, 2.45) is 0 Å². The number of benzene rings is 2. The minimum Gasteiger partial charge on any atom is -0.306 e. The highest BCUT2D eigenvalue weighted by Crippen LogP contribution is 2.30. The number of carbonyl (C=O) groups excluding carboxylic acids is 1. The van der Waals surface area contributed by atoms with Crippen LogP contribution in [0.1, 0.15) is 16.8 Å². The zero-order valence-electron chi connectivity index (χ0n) is 19.5. The Morgan fingerprint density at radius 3 is 2.67 bits per heavy atom. The van der Waals surface area contributed by atoms with E-state index in [1.165, 1.54) is 16.8 Å². The first kappa shape index (κ1) is 24.0. The lowest BCUT2D eigenvalue weighted by Crippen LogP contribution is -2.20. The molecule has 36 heavy (non-hydrogen) atoms. The summed E-state index contributed by atoms with van der Waals surface area (Å²) in [5, 5.41) is 13.1. The molecule has 0 aliphatic rings. The number of nitrogens with zero attached hydrogens (tertiary/aromatic N) is 5. The average molecular weight is 523 g/mol. The molecule has 5 rings (SSSR count). The number of carbonyl (C=O) groups is 1. The van der Waals surface area contributed by atoms with Crippen molar-refractivity contribution < 1.29 is 9.18 Å². The van der Waals surface area contributed by atoms with Gasteiger partial charge in [0.05, 0.1) is 12.2 Å². The first-order valence-corrected chi connectivity index (χ1v) is 11.9. The molecule has 0 saturated heterocycles. The number of rotatable bonds is 6. The Balaban J connectivity index is 1.36. The third-order valence-corrected chi connectivity index (χ3v) is 6.38. The molecular formula is C26H21Cl2FN6O. The van der Waals surface area contributed by atoms with Crippen LogP contribution in [-0.4, -0.2) is 30.5 Å². The molecule has 0 atom stereocenters. The SMILES string of the molecule is Cc1cccc(-c2ccnc3c2c(C)nn3CC(=O)Nc2nn(Cc3ccc(F)cc3Cl)cc2Cl)c1. The second kappa shape index (κ2) is 9.72. The quantitative estimate of drug-likeness (QED) is 0.294. The summed E-state index contributed by atoms with van der Waals surface area (Å²) < 4.78 is 16.4. The van der Waals surface area contributed by atoms with Crippen molar-refractivity contribution in [2.45, 2.75) is 26.9 Å². The predicted octanol–water partition coefficient (Wildman–Crippen LogP) is 6.04. The van der Waals surface area contributed by atoms with E-state index in [0.717, 1.165) is 27.8 Å². The number of nitrogens with one attached hydrogen (secondary N) is 1. The molecule has 0 saturated carbocycles. The minimum atomic E-state index is -0.419. The van der Waals surface area contributed by atoms with Gasteiger partial charge in [0.1, 0.15) is 17.4 Å². The molecule has 0 aliphatic heterocycles. The maximum atomic E-state index is 13.3. The van der Waals surface area contributed by atoms with E-state index < -0.39 is 5.82 Å². The Morgan fingerprint density at radius 1 is 1.06 bits per heavy atom. The van der Waals surface area contributed by atoms with Gasteiger partial charge in [-0.15, -0.1) is 0 Å². The monoisotopic (exact) mass is 522 g/mol. The van der Waals surface area contributed by atoms with Gasteiger partial charge in [0.2, 0.25) is 5.91 Å². The lowest BCUT2D eigenvalue weighted by Gasteiger charge is -2.07. The molecule has 10 heteroatoms. The van der Waals surface area contributed by atoms with Gasteiger partial charge in [0.15, 0.2) is 11.5 Å². The Labute approximate surface area is 216 Å². The van der Waals surface area contributed by atoms with E-state index in [-0.39, 0.29) is 34.9 Å². The molecule has 0 unspecified atom stereocenters. The van der Waals surface area contributed by atoms with Gasteiger partial charge in [0.25, 0.3) is 0 Å². The number of amides is 1. The summed E-state index contributed by atoms with van der Waals surface area (Å²) in [4.78, 5) is 17.4. The molecule has 1 amide bonds. The Bertz CT molecular complexity index is 1610. The molecule has 0 radical (unpaired) electrons. The molecule has 7 nitrogen and oxygen atoms in total. The van der Waals surface area contributed by atoms with Crippen molar-refractivity contribution in [1.82, 2.24) is 24.5 Å². The molecule has 3 heterocycles. The number of pyridine rings is 1. The number of halogens is 3. The van der Waals surface area contributed by atoms with Crippen molar-refractivity contribution in [2.75, 3.05) is 5.32 Å². The van der Waals surface area contributed by atoms with Crippen LogP contribution in [0, 0.1) is 19.7 Å². The predicted molar refractivity (Wildman–Crippen MR) is 139 cm³/mol. The Kier molecular flexibility index (Phi) is 6.47. The number of hydrogen-bond acceptors (Lipinski definition) is 4. The van der Waals surface area contributed by atoms with Crippen molar-refractivity contribution >= 4 is 46.0 Å². The fourth-order valence-electron chi connectivity index (χ4n) is 4.14. The van der Waals surface area contributed by atoms with Gasteiger partial charge in [-0.1, -0.05) is 59.1 Å². The zero-order valence-corrected chi connectivity index (χ0v) is 21.0. The van der Waals surface area contributed by atoms with Crippen LogP contribution in [0.4, 0.5) is 10.2 Å². The highest BCUT2D eigenvalue weighted by atomic mass is 35.5. The molecule has 0 aliphatic carbocycles. The van der Waals surface area contributed by atoms with Crippen LogP contribution >= 0.6 is 23.2 Å². The van der Waals surface area contributed by atoms with E-state index in [1.54, 1.807) is 23.1 Å². The number of hydrogen-bond donors (Lipinski definition) is 1. The summed E-state index contributed by atoms with van der Waals surface area (Å²) in [5.41, 5.74) is 5.29. The first-order chi connectivity index (χ1) is 17.3. The maximum absolute atomic E-state index is 13.3. The molecule has 182 valence electrons. The lowest BCUT2D eigenvalue weighted by molar-refractivity contribution is -0.116. The van der Waals surface area contributed by atoms with Crippen molar-refractivity contribution in [3.8, 4) is 11.1 Å². The maximum Gasteiger partial charge on any atom is 0.247 e. The van der Waals surface area contributed by atoms with Crippen LogP contribution in [0.3, 0.4) is 0 Å². The summed E-state index contributed by atoms with van der Waals surface area (Å²) in [7, 11) is 0. The topological polar surface area (TPSA) is 77.6 Å². The highest BCUT2D eigenvalue weighted by molar-refractivity contribution is 6.33. The average Bonchev–Trinajstić information content (AvgIpc) is 3.34. The molecule has 0 spiro atoms. The van der Waals surface area contributed by atoms with Gasteiger partial charge < -0.3 is 5.32 Å². The van der Waals surface area contributed by atoms with Crippen LogP contribution in [0.25, 0.3) is 22.2 Å². The van der Waals surface area contributed by atoms with Crippen LogP contribution < -0.4 is 5.32 Å². The summed E-state index contributed by atoms with van der Waals surface area (Å²) >= 11 is 12.4. The molecule has 5 aromatic rings. The van der Waals surface area contributed by atoms with E-state index in [1.807, 2.05) is 38.1 Å². The van der Waals surface area contributed by atoms with Gasteiger partial charge in [-0.3, -0.25) is 9.48 Å². The van der Waals surface area contributed by atoms with Crippen molar-refractivity contribution in [3.05, 3.63) is 93.6 Å². The summed E-state index contributed by atoms with van der Waals surface area (Å²) in [6, 6.07) is 14.3. The molecule has 0 bridgehead atoms. The van der Waals surface area contributed by atoms with Crippen molar-refractivity contribution in [1.29, 1.82) is 0 Å². The molecule has 3 aromatic heterocycles. The van der Waals surface area contributed by atoms with Gasteiger partial charge in [0, 0.05) is 22.8 Å². The summed E-state index contributed by atoms with van der Waals surface area (Å²) in [6.07, 6.45) is 3.29. The van der Waals surface area contributed by atoms with E-state index in [4.69, 9.17) is 23.2 Å². The summed E-state index contributed by atoms with van der Waals surface area (Å²) in [6.45, 7) is 4.14. The standard InChI is InChI=1S/C26H21Cl2FN6O/c1-15-4-3-5-17(10-15)20-8-9-30-26-24(20)16(2)32-35(26)14-23(36)31-25-22(28)13-34(33-25)12-18-6-7-19(29)11-21(18)27/h3-11,13H,12,14H2,1-2H3,(H,31,33,36). The van der Waals surface area contributed by atoms with Gasteiger partial charge in [-0.2, -0.15) is 10.2 Å². The Hall–Kier alpha value is -3.75. The minimum absolute atomic E-state index is 0.0679. The van der Waals surface area contributed by atoms with Gasteiger partial charge >= 0.3 is 0 Å². The van der Waals surface area contributed by atoms with E-state index >= 15 is 0 Å². The smallest absolute Gasteiger partial charge is 0.247 e. The van der Waals surface area contributed by atoms with Crippen molar-refractivity contribution in [3.63, 3.8) is 0 Å². The van der Waals surface area contributed by atoms with Crippen LogP contribution in [-0.2, 0) is 17.9 Å². The number of aromatic nitrogens is 5. The normalized spacial score (nSPS) is 11.2. The third-order valence-electron chi connectivity index (χ3n) is 5.75. The molecule has 2 aromatic carbocycles. The number of fused-ring (bicyclic) bond motifs is 1. The van der Waals surface area contributed by atoms with Gasteiger partial charge in [-0.05, 0) is 48.7 Å². The fraction of sp³-hybridized carbons (Fsp3) is 0.154. The largest absolute Gasteiger partial charge is 0.306 e. The van der Waals surface area contributed by atoms with Crippen LogP contribution in [0.15, 0.2) is 60.9 Å². The van der Waals surface area contributed by atoms with Crippen LogP contribution in [0.5, 0.6) is 0 Å². The van der Waals surface area contributed by atoms with E-state index in [9.17, 15) is 9.18 Å². The number of anilines is 1. The zero-order chi connectivity index (χ0) is 25.4. The van der Waals surface area contributed by atoms with E-state index in [0.29, 0.717) is 11.2 Å². The second-order valence-electron chi connectivity index (χ2n) is 8.48. The first-order valence-electron chi connectivity index (χ1n) is 11.1. The second-order valence-corrected chi connectivity index (χ2v) is 9.29. The lowest BCUT2D eigenvalue weighted by atomic mass is 10.0. The van der Waals surface area contributed by atoms with E-state index in [2.05, 4.69) is 26.6 Å².